The van der Waals surface area contributed by atoms with Gasteiger partial charge < -0.3 is 5.32 Å². The molecule has 7 heteroatoms. The Morgan fingerprint density at radius 3 is 2.60 bits per heavy atom. The van der Waals surface area contributed by atoms with Crippen LogP contribution >= 0.6 is 50.1 Å². The molecule has 1 N–H and O–H groups in total. The molecule has 2 aromatic carbocycles. The maximum atomic E-state index is 13.6. The summed E-state index contributed by atoms with van der Waals surface area (Å²) in [5.74, 6) is -2.11. The smallest absolute Gasteiger partial charge is 0.256 e. The average molecular weight is 472 g/mol. The van der Waals surface area contributed by atoms with Crippen LogP contribution < -0.4 is 5.32 Å². The Morgan fingerprint density at radius 2 is 1.90 bits per heavy atom. The van der Waals surface area contributed by atoms with Crippen LogP contribution in [0.1, 0.15) is 10.4 Å². The number of rotatable bonds is 2. The zero-order chi connectivity index (χ0) is 14.9. The standard InChI is InChI=1S/C13H6BrClF2INO/c14-8-4-12(10(17)5-9(8)16)19-13(20)7-3-6(15)1-2-11(7)18/h1-5H,(H,19,20). The first-order valence-corrected chi connectivity index (χ1v) is 7.54. The molecule has 0 aliphatic heterocycles. The normalized spacial score (nSPS) is 10.4. The molecular formula is C13H6BrClF2INO. The fraction of sp³-hybridized carbons (Fsp3) is 0. The molecule has 0 atom stereocenters. The number of carbonyl (C=O) groups is 1. The lowest BCUT2D eigenvalue weighted by atomic mass is 10.2. The molecule has 0 bridgehead atoms. The zero-order valence-electron chi connectivity index (χ0n) is 9.68. The maximum Gasteiger partial charge on any atom is 0.256 e. The van der Waals surface area contributed by atoms with Gasteiger partial charge in [0.15, 0.2) is 0 Å². The van der Waals surface area contributed by atoms with Crippen LogP contribution in [0.4, 0.5) is 14.5 Å². The largest absolute Gasteiger partial charge is 0.319 e. The molecule has 2 rings (SSSR count). The van der Waals surface area contributed by atoms with Gasteiger partial charge in [-0.25, -0.2) is 8.78 Å². The van der Waals surface area contributed by atoms with Gasteiger partial charge in [0, 0.05) is 14.7 Å². The van der Waals surface area contributed by atoms with Gasteiger partial charge in [0.05, 0.1) is 15.7 Å². The molecule has 0 saturated carbocycles. The van der Waals surface area contributed by atoms with Gasteiger partial charge in [-0.2, -0.15) is 0 Å². The third kappa shape index (κ3) is 3.48. The lowest BCUT2D eigenvalue weighted by molar-refractivity contribution is 0.102. The lowest BCUT2D eigenvalue weighted by Crippen LogP contribution is -2.14. The van der Waals surface area contributed by atoms with Gasteiger partial charge in [0.2, 0.25) is 0 Å². The molecule has 2 nitrogen and oxygen atoms in total. The Morgan fingerprint density at radius 1 is 1.20 bits per heavy atom. The van der Waals surface area contributed by atoms with Gasteiger partial charge in [0.1, 0.15) is 11.6 Å². The van der Waals surface area contributed by atoms with E-state index in [0.29, 0.717) is 20.2 Å². The Labute approximate surface area is 140 Å². The van der Waals surface area contributed by atoms with Crippen molar-refractivity contribution in [2.45, 2.75) is 0 Å². The highest BCUT2D eigenvalue weighted by Crippen LogP contribution is 2.25. The highest BCUT2D eigenvalue weighted by atomic mass is 127. The number of carbonyl (C=O) groups excluding carboxylic acids is 1. The quantitative estimate of drug-likeness (QED) is 0.470. The molecule has 0 aromatic heterocycles. The van der Waals surface area contributed by atoms with Gasteiger partial charge in [-0.15, -0.1) is 0 Å². The number of benzene rings is 2. The minimum atomic E-state index is -0.851. The van der Waals surface area contributed by atoms with E-state index in [0.717, 1.165) is 0 Å². The molecule has 0 spiro atoms. The number of amides is 1. The van der Waals surface area contributed by atoms with E-state index in [-0.39, 0.29) is 10.2 Å². The van der Waals surface area contributed by atoms with Crippen LogP contribution in [0.15, 0.2) is 34.8 Å². The van der Waals surface area contributed by atoms with Crippen molar-refractivity contribution in [3.63, 3.8) is 0 Å². The minimum absolute atomic E-state index is 0.0648. The molecule has 0 aliphatic rings. The molecule has 104 valence electrons. The molecule has 0 aliphatic carbocycles. The van der Waals surface area contributed by atoms with E-state index in [4.69, 9.17) is 11.6 Å². The summed E-state index contributed by atoms with van der Waals surface area (Å²) < 4.78 is 27.4. The van der Waals surface area contributed by atoms with Crippen molar-refractivity contribution in [2.24, 2.45) is 0 Å². The van der Waals surface area contributed by atoms with Gasteiger partial charge in [0.25, 0.3) is 5.91 Å². The first-order chi connectivity index (χ1) is 9.38. The van der Waals surface area contributed by atoms with Crippen molar-refractivity contribution in [3.05, 3.63) is 60.6 Å². The van der Waals surface area contributed by atoms with Crippen LogP contribution in [0.5, 0.6) is 0 Å². The second kappa shape index (κ2) is 6.36. The second-order valence-corrected chi connectivity index (χ2v) is 6.28. The number of hydrogen-bond acceptors (Lipinski definition) is 1. The third-order valence-corrected chi connectivity index (χ3v) is 4.21. The molecule has 0 radical (unpaired) electrons. The first kappa shape index (κ1) is 15.7. The van der Waals surface area contributed by atoms with Crippen molar-refractivity contribution in [1.82, 2.24) is 0 Å². The second-order valence-electron chi connectivity index (χ2n) is 3.82. The molecule has 0 heterocycles. The fourth-order valence-electron chi connectivity index (χ4n) is 1.48. The van der Waals surface area contributed by atoms with Crippen LogP contribution in [0, 0.1) is 15.2 Å². The number of nitrogens with one attached hydrogen (secondary N) is 1. The van der Waals surface area contributed by atoms with Crippen molar-refractivity contribution >= 4 is 61.7 Å². The highest BCUT2D eigenvalue weighted by molar-refractivity contribution is 14.1. The molecule has 2 aromatic rings. The lowest BCUT2D eigenvalue weighted by Gasteiger charge is -2.09. The minimum Gasteiger partial charge on any atom is -0.319 e. The van der Waals surface area contributed by atoms with Gasteiger partial charge >= 0.3 is 0 Å². The summed E-state index contributed by atoms with van der Waals surface area (Å²) in [5.41, 5.74) is 0.206. The summed E-state index contributed by atoms with van der Waals surface area (Å²) in [5, 5.41) is 2.79. The number of anilines is 1. The van der Waals surface area contributed by atoms with Gasteiger partial charge in [-0.3, -0.25) is 4.79 Å². The zero-order valence-corrected chi connectivity index (χ0v) is 14.2. The fourth-order valence-corrected chi connectivity index (χ4v) is 2.58. The summed E-state index contributed by atoms with van der Waals surface area (Å²) in [6.07, 6.45) is 0. The predicted octanol–water partition coefficient (Wildman–Crippen LogP) is 5.24. The molecule has 0 unspecified atom stereocenters. The van der Waals surface area contributed by atoms with Gasteiger partial charge in [-0.1, -0.05) is 11.6 Å². The predicted molar refractivity (Wildman–Crippen MR) is 86.2 cm³/mol. The van der Waals surface area contributed by atoms with Crippen LogP contribution in [-0.2, 0) is 0 Å². The van der Waals surface area contributed by atoms with E-state index >= 15 is 0 Å². The molecular weight excluding hydrogens is 466 g/mol. The van der Waals surface area contributed by atoms with Crippen LogP contribution in [0.2, 0.25) is 5.02 Å². The van der Waals surface area contributed by atoms with Crippen molar-refractivity contribution in [1.29, 1.82) is 0 Å². The number of halogens is 5. The summed E-state index contributed by atoms with van der Waals surface area (Å²) >= 11 is 10.7. The first-order valence-electron chi connectivity index (χ1n) is 5.29. The highest BCUT2D eigenvalue weighted by Gasteiger charge is 2.15. The SMILES string of the molecule is O=C(Nc1cc(Br)c(F)cc1F)c1cc(Cl)ccc1I. The Hall–Kier alpha value is -0.730. The summed E-state index contributed by atoms with van der Waals surface area (Å²) in [6.45, 7) is 0. The van der Waals surface area contributed by atoms with Crippen molar-refractivity contribution in [3.8, 4) is 0 Å². The van der Waals surface area contributed by atoms with E-state index in [1.165, 1.54) is 12.1 Å². The van der Waals surface area contributed by atoms with Crippen molar-refractivity contribution in [2.75, 3.05) is 5.32 Å². The van der Waals surface area contributed by atoms with Crippen LogP contribution in [0.25, 0.3) is 0 Å². The third-order valence-electron chi connectivity index (χ3n) is 2.43. The van der Waals surface area contributed by atoms with Gasteiger partial charge in [-0.05, 0) is 62.8 Å². The molecule has 0 fully saturated rings. The summed E-state index contributed by atoms with van der Waals surface area (Å²) in [6, 6.07) is 6.67. The maximum absolute atomic E-state index is 13.6. The van der Waals surface area contributed by atoms with Crippen LogP contribution in [0.3, 0.4) is 0 Å². The van der Waals surface area contributed by atoms with E-state index in [2.05, 4.69) is 21.2 Å². The molecule has 20 heavy (non-hydrogen) atoms. The number of hydrogen-bond donors (Lipinski definition) is 1. The monoisotopic (exact) mass is 471 g/mol. The summed E-state index contributed by atoms with van der Waals surface area (Å²) in [7, 11) is 0. The average Bonchev–Trinajstić information content (AvgIpc) is 2.38. The topological polar surface area (TPSA) is 29.1 Å². The van der Waals surface area contributed by atoms with E-state index in [9.17, 15) is 13.6 Å². The van der Waals surface area contributed by atoms with Crippen molar-refractivity contribution < 1.29 is 13.6 Å². The van der Waals surface area contributed by atoms with E-state index < -0.39 is 17.5 Å². The van der Waals surface area contributed by atoms with Crippen LogP contribution in [-0.4, -0.2) is 5.91 Å². The molecule has 1 amide bonds. The summed E-state index contributed by atoms with van der Waals surface area (Å²) in [4.78, 5) is 12.1. The Bertz CT molecular complexity index is 696. The Balaban J connectivity index is 2.32. The van der Waals surface area contributed by atoms with E-state index in [1.807, 2.05) is 22.6 Å². The van der Waals surface area contributed by atoms with E-state index in [1.54, 1.807) is 12.1 Å². The Kier molecular flexibility index (Phi) is 4.98. The molecule has 0 saturated heterocycles.